The first-order valence-corrected chi connectivity index (χ1v) is 5.93. The number of rotatable bonds is 6. The van der Waals surface area contributed by atoms with Crippen LogP contribution in [0.15, 0.2) is 0 Å². The summed E-state index contributed by atoms with van der Waals surface area (Å²) in [7, 11) is 0. The second kappa shape index (κ2) is 6.45. The first-order valence-electron chi connectivity index (χ1n) is 5.93. The maximum Gasteiger partial charge on any atom is 0.390 e. The minimum absolute atomic E-state index is 0.0108. The molecule has 0 spiro atoms. The summed E-state index contributed by atoms with van der Waals surface area (Å²) < 4.78 is 42.3. The molecule has 1 heterocycles. The predicted molar refractivity (Wildman–Crippen MR) is 56.3 cm³/mol. The fourth-order valence-electron chi connectivity index (χ4n) is 2.01. The van der Waals surface area contributed by atoms with Gasteiger partial charge in [-0.15, -0.1) is 0 Å². The Kier molecular flexibility index (Phi) is 5.55. The van der Waals surface area contributed by atoms with Crippen molar-refractivity contribution in [2.75, 3.05) is 13.2 Å². The van der Waals surface area contributed by atoms with Crippen molar-refractivity contribution < 1.29 is 17.9 Å². The number of nitrogens with one attached hydrogen (secondary N) is 1. The largest absolute Gasteiger partial charge is 0.390 e. The highest BCUT2D eigenvalue weighted by atomic mass is 19.4. The molecule has 0 aromatic heterocycles. The summed E-state index contributed by atoms with van der Waals surface area (Å²) >= 11 is 0. The lowest BCUT2D eigenvalue weighted by Gasteiger charge is -2.22. The smallest absolute Gasteiger partial charge is 0.378 e. The number of hydrogen-bond donors (Lipinski definition) is 1. The number of halogens is 3. The van der Waals surface area contributed by atoms with E-state index in [1.807, 2.05) is 6.92 Å². The molecule has 1 saturated heterocycles. The standard InChI is InChI=1S/C11H20F3NO/c1-2-5-15-9(8-11(12,13)14)7-10-4-3-6-16-10/h9-10,15H,2-8H2,1H3. The topological polar surface area (TPSA) is 21.3 Å². The Morgan fingerprint density at radius 1 is 1.44 bits per heavy atom. The first kappa shape index (κ1) is 13.8. The van der Waals surface area contributed by atoms with Crippen molar-refractivity contribution in [2.24, 2.45) is 0 Å². The van der Waals surface area contributed by atoms with Gasteiger partial charge in [0.25, 0.3) is 0 Å². The summed E-state index contributed by atoms with van der Waals surface area (Å²) in [5.74, 6) is 0. The van der Waals surface area contributed by atoms with Crippen molar-refractivity contribution in [3.8, 4) is 0 Å². The molecular weight excluding hydrogens is 219 g/mol. The molecule has 1 aliphatic rings. The summed E-state index contributed by atoms with van der Waals surface area (Å²) in [5, 5.41) is 2.95. The van der Waals surface area contributed by atoms with Crippen molar-refractivity contribution in [3.63, 3.8) is 0 Å². The second-order valence-corrected chi connectivity index (χ2v) is 4.34. The van der Waals surface area contributed by atoms with Crippen LogP contribution >= 0.6 is 0 Å². The highest BCUT2D eigenvalue weighted by Crippen LogP contribution is 2.26. The molecule has 0 aromatic rings. The van der Waals surface area contributed by atoms with Gasteiger partial charge in [-0.25, -0.2) is 0 Å². The van der Waals surface area contributed by atoms with Gasteiger partial charge in [-0.05, 0) is 32.2 Å². The maximum absolute atomic E-state index is 12.3. The summed E-state index contributed by atoms with van der Waals surface area (Å²) in [6, 6.07) is -0.497. The Bertz CT molecular complexity index is 190. The molecule has 96 valence electrons. The summed E-state index contributed by atoms with van der Waals surface area (Å²) in [5.41, 5.74) is 0. The fraction of sp³-hybridized carbons (Fsp3) is 1.00. The SMILES string of the molecule is CCCNC(CC1CCCO1)CC(F)(F)F. The van der Waals surface area contributed by atoms with E-state index in [0.29, 0.717) is 19.6 Å². The van der Waals surface area contributed by atoms with Gasteiger partial charge in [0.05, 0.1) is 12.5 Å². The van der Waals surface area contributed by atoms with Gasteiger partial charge in [-0.3, -0.25) is 0 Å². The Morgan fingerprint density at radius 3 is 2.69 bits per heavy atom. The highest BCUT2D eigenvalue weighted by Gasteiger charge is 2.33. The third-order valence-electron chi connectivity index (χ3n) is 2.73. The van der Waals surface area contributed by atoms with Gasteiger partial charge < -0.3 is 10.1 Å². The second-order valence-electron chi connectivity index (χ2n) is 4.34. The number of ether oxygens (including phenoxy) is 1. The highest BCUT2D eigenvalue weighted by molar-refractivity contribution is 4.77. The minimum Gasteiger partial charge on any atom is -0.378 e. The van der Waals surface area contributed by atoms with Crippen molar-refractivity contribution in [2.45, 2.75) is 57.3 Å². The van der Waals surface area contributed by atoms with Crippen molar-refractivity contribution >= 4 is 0 Å². The molecule has 16 heavy (non-hydrogen) atoms. The monoisotopic (exact) mass is 239 g/mol. The van der Waals surface area contributed by atoms with Crippen molar-refractivity contribution in [1.82, 2.24) is 5.32 Å². The van der Waals surface area contributed by atoms with Gasteiger partial charge >= 0.3 is 6.18 Å². The molecule has 2 unspecified atom stereocenters. The van der Waals surface area contributed by atoms with Crippen LogP contribution in [0.2, 0.25) is 0 Å². The van der Waals surface area contributed by atoms with E-state index in [2.05, 4.69) is 5.32 Å². The van der Waals surface area contributed by atoms with Crippen LogP contribution in [-0.2, 0) is 4.74 Å². The molecule has 0 radical (unpaired) electrons. The van der Waals surface area contributed by atoms with Crippen molar-refractivity contribution in [1.29, 1.82) is 0 Å². The van der Waals surface area contributed by atoms with E-state index in [1.54, 1.807) is 0 Å². The normalized spacial score (nSPS) is 23.6. The quantitative estimate of drug-likeness (QED) is 0.769. The van der Waals surface area contributed by atoms with Gasteiger partial charge in [-0.1, -0.05) is 6.92 Å². The van der Waals surface area contributed by atoms with E-state index >= 15 is 0 Å². The zero-order valence-corrected chi connectivity index (χ0v) is 9.65. The van der Waals surface area contributed by atoms with E-state index in [9.17, 15) is 13.2 Å². The Labute approximate surface area is 94.5 Å². The molecule has 1 rings (SSSR count). The molecule has 1 aliphatic heterocycles. The Hall–Kier alpha value is -0.290. The molecule has 2 nitrogen and oxygen atoms in total. The zero-order valence-electron chi connectivity index (χ0n) is 9.65. The van der Waals surface area contributed by atoms with E-state index in [1.165, 1.54) is 0 Å². The molecular formula is C11H20F3NO. The molecule has 1 N–H and O–H groups in total. The van der Waals surface area contributed by atoms with Crippen LogP contribution in [-0.4, -0.2) is 31.5 Å². The maximum atomic E-state index is 12.3. The molecule has 5 heteroatoms. The first-order chi connectivity index (χ1) is 7.51. The van der Waals surface area contributed by atoms with Crippen LogP contribution in [0, 0.1) is 0 Å². The van der Waals surface area contributed by atoms with Crippen LogP contribution in [0.25, 0.3) is 0 Å². The molecule has 0 aliphatic carbocycles. The van der Waals surface area contributed by atoms with Crippen LogP contribution < -0.4 is 5.32 Å². The van der Waals surface area contributed by atoms with Crippen LogP contribution in [0.3, 0.4) is 0 Å². The molecule has 0 bridgehead atoms. The molecule has 0 aromatic carbocycles. The lowest BCUT2D eigenvalue weighted by Crippen LogP contribution is -2.37. The lowest BCUT2D eigenvalue weighted by molar-refractivity contribution is -0.141. The molecule has 1 fully saturated rings. The van der Waals surface area contributed by atoms with E-state index in [4.69, 9.17) is 4.74 Å². The lowest BCUT2D eigenvalue weighted by atomic mass is 10.0. The van der Waals surface area contributed by atoms with Gasteiger partial charge in [0.2, 0.25) is 0 Å². The van der Waals surface area contributed by atoms with Gasteiger partial charge in [0, 0.05) is 12.6 Å². The van der Waals surface area contributed by atoms with E-state index < -0.39 is 18.6 Å². The third kappa shape index (κ3) is 5.70. The van der Waals surface area contributed by atoms with Gasteiger partial charge in [-0.2, -0.15) is 13.2 Å². The molecule has 2 atom stereocenters. The van der Waals surface area contributed by atoms with Crippen LogP contribution in [0.4, 0.5) is 13.2 Å². The minimum atomic E-state index is -4.09. The zero-order chi connectivity index (χ0) is 12.0. The number of hydrogen-bond acceptors (Lipinski definition) is 2. The molecule has 0 amide bonds. The Balaban J connectivity index is 2.35. The van der Waals surface area contributed by atoms with E-state index in [0.717, 1.165) is 19.3 Å². The Morgan fingerprint density at radius 2 is 2.19 bits per heavy atom. The fourth-order valence-corrected chi connectivity index (χ4v) is 2.01. The van der Waals surface area contributed by atoms with Gasteiger partial charge in [0.15, 0.2) is 0 Å². The average Bonchev–Trinajstić information content (AvgIpc) is 2.64. The summed E-state index contributed by atoms with van der Waals surface area (Å²) in [6.45, 7) is 3.27. The van der Waals surface area contributed by atoms with Crippen LogP contribution in [0.1, 0.15) is 39.0 Å². The van der Waals surface area contributed by atoms with Gasteiger partial charge in [0.1, 0.15) is 0 Å². The predicted octanol–water partition coefficient (Wildman–Crippen LogP) is 2.88. The summed E-state index contributed by atoms with van der Waals surface area (Å²) in [6.07, 6.45) is -1.66. The van der Waals surface area contributed by atoms with Crippen LogP contribution in [0.5, 0.6) is 0 Å². The third-order valence-corrected chi connectivity index (χ3v) is 2.73. The van der Waals surface area contributed by atoms with E-state index in [-0.39, 0.29) is 6.10 Å². The number of alkyl halides is 3. The summed E-state index contributed by atoms with van der Waals surface area (Å²) in [4.78, 5) is 0. The van der Waals surface area contributed by atoms with Crippen molar-refractivity contribution in [3.05, 3.63) is 0 Å². The average molecular weight is 239 g/mol. The molecule has 0 saturated carbocycles.